The van der Waals surface area contributed by atoms with E-state index in [1.807, 2.05) is 5.37 Å². The molecule has 0 spiro atoms. The van der Waals surface area contributed by atoms with E-state index in [9.17, 15) is 4.79 Å². The van der Waals surface area contributed by atoms with Crippen LogP contribution in [0.3, 0.4) is 0 Å². The summed E-state index contributed by atoms with van der Waals surface area (Å²) in [5.74, 6) is -0.319. The van der Waals surface area contributed by atoms with Crippen LogP contribution in [0.2, 0.25) is 0 Å². The molecule has 0 fully saturated rings. The quantitative estimate of drug-likeness (QED) is 0.238. The minimum atomic E-state index is -0.319. The number of esters is 1. The highest BCUT2D eigenvalue weighted by atomic mass is 32.1. The maximum absolute atomic E-state index is 10.7. The molecule has 0 saturated heterocycles. The Morgan fingerprint density at radius 1 is 1.06 bits per heavy atom. The first-order valence-electron chi connectivity index (χ1n) is 6.04. The Morgan fingerprint density at radius 3 is 2.19 bits per heavy atom. The molecule has 0 aromatic carbocycles. The molecule has 0 saturated carbocycles. The van der Waals surface area contributed by atoms with Crippen molar-refractivity contribution in [2.45, 2.75) is 51.4 Å². The Morgan fingerprint density at radius 2 is 1.62 bits per heavy atom. The second-order valence-corrected chi connectivity index (χ2v) is 4.14. The molecule has 2 nitrogen and oxygen atoms in total. The molecule has 0 aliphatic heterocycles. The van der Waals surface area contributed by atoms with Gasteiger partial charge in [-0.1, -0.05) is 50.9 Å². The molecule has 0 aromatic heterocycles. The largest absolute Gasteiger partial charge is 0.463 e. The predicted molar refractivity (Wildman–Crippen MR) is 71.7 cm³/mol. The van der Waals surface area contributed by atoms with Crippen molar-refractivity contribution in [1.29, 1.82) is 0 Å². The van der Waals surface area contributed by atoms with E-state index < -0.39 is 0 Å². The molecule has 0 heterocycles. The fraction of sp³-hybridized carbons (Fsp3) is 0.692. The first-order chi connectivity index (χ1) is 7.81. The van der Waals surface area contributed by atoms with E-state index >= 15 is 0 Å². The summed E-state index contributed by atoms with van der Waals surface area (Å²) in [5.41, 5.74) is 0. The molecule has 92 valence electrons. The van der Waals surface area contributed by atoms with Crippen LogP contribution in [0.4, 0.5) is 0 Å². The number of carbonyl (C=O) groups is 1. The zero-order valence-corrected chi connectivity index (χ0v) is 10.8. The predicted octanol–water partition coefficient (Wildman–Crippen LogP) is 3.84. The molecule has 0 aliphatic rings. The smallest absolute Gasteiger partial charge is 0.330 e. The van der Waals surface area contributed by atoms with Crippen molar-refractivity contribution < 1.29 is 9.53 Å². The van der Waals surface area contributed by atoms with E-state index in [1.165, 1.54) is 38.2 Å². The zero-order valence-electron chi connectivity index (χ0n) is 9.95. The van der Waals surface area contributed by atoms with E-state index in [1.54, 1.807) is 0 Å². The van der Waals surface area contributed by atoms with Crippen LogP contribution in [0.25, 0.3) is 0 Å². The molecule has 0 bridgehead atoms. The van der Waals surface area contributed by atoms with Gasteiger partial charge in [0.05, 0.1) is 6.61 Å². The summed E-state index contributed by atoms with van der Waals surface area (Å²) in [7, 11) is 0. The molecular weight excluding hydrogens is 220 g/mol. The van der Waals surface area contributed by atoms with Crippen molar-refractivity contribution in [2.24, 2.45) is 0 Å². The summed E-state index contributed by atoms with van der Waals surface area (Å²) < 4.78 is 4.88. The van der Waals surface area contributed by atoms with Gasteiger partial charge in [0.25, 0.3) is 0 Å². The molecule has 0 atom stereocenters. The van der Waals surface area contributed by atoms with Gasteiger partial charge in [-0.15, -0.1) is 0 Å². The fourth-order valence-corrected chi connectivity index (χ4v) is 1.61. The molecule has 0 rings (SSSR count). The Labute approximate surface area is 104 Å². The Bertz CT molecular complexity index is 202. The van der Waals surface area contributed by atoms with Gasteiger partial charge in [0, 0.05) is 6.08 Å². The van der Waals surface area contributed by atoms with Crippen molar-refractivity contribution in [2.75, 3.05) is 6.61 Å². The third kappa shape index (κ3) is 11.4. The average molecular weight is 242 g/mol. The minimum absolute atomic E-state index is 0.319. The Kier molecular flexibility index (Phi) is 11.8. The van der Waals surface area contributed by atoms with Gasteiger partial charge in [0.15, 0.2) is 0 Å². The summed E-state index contributed by atoms with van der Waals surface area (Å²) in [6.45, 7) is 3.86. The topological polar surface area (TPSA) is 26.3 Å². The number of rotatable bonds is 11. The first-order valence-corrected chi connectivity index (χ1v) is 6.51. The van der Waals surface area contributed by atoms with Crippen molar-refractivity contribution in [1.82, 2.24) is 0 Å². The lowest BCUT2D eigenvalue weighted by molar-refractivity contribution is -0.137. The Hall–Kier alpha value is -0.700. The van der Waals surface area contributed by atoms with E-state index in [4.69, 9.17) is 17.0 Å². The number of hydrogen-bond donors (Lipinski definition) is 0. The number of ether oxygens (including phenoxy) is 1. The maximum Gasteiger partial charge on any atom is 0.330 e. The molecule has 0 unspecified atom stereocenters. The van der Waals surface area contributed by atoms with E-state index in [2.05, 4.69) is 6.58 Å². The van der Waals surface area contributed by atoms with Crippen LogP contribution >= 0.6 is 12.2 Å². The van der Waals surface area contributed by atoms with Gasteiger partial charge in [-0.2, -0.15) is 0 Å². The molecule has 3 heteroatoms. The van der Waals surface area contributed by atoms with Crippen LogP contribution in [0.1, 0.15) is 51.4 Å². The molecular formula is C13H22O2S. The lowest BCUT2D eigenvalue weighted by Crippen LogP contribution is -2.01. The van der Waals surface area contributed by atoms with Crippen LogP contribution in [-0.2, 0) is 9.53 Å². The third-order valence-electron chi connectivity index (χ3n) is 2.38. The summed E-state index contributed by atoms with van der Waals surface area (Å²) in [6.07, 6.45) is 10.6. The van der Waals surface area contributed by atoms with Gasteiger partial charge in [0.2, 0.25) is 0 Å². The van der Waals surface area contributed by atoms with Gasteiger partial charge in [0.1, 0.15) is 0 Å². The summed E-state index contributed by atoms with van der Waals surface area (Å²) in [5, 5.41) is 1.81. The highest BCUT2D eigenvalue weighted by molar-refractivity contribution is 7.78. The van der Waals surface area contributed by atoms with Gasteiger partial charge < -0.3 is 4.74 Å². The van der Waals surface area contributed by atoms with Crippen LogP contribution in [0.15, 0.2) is 12.7 Å². The first kappa shape index (κ1) is 15.3. The number of unbranched alkanes of at least 4 members (excludes halogenated alkanes) is 7. The van der Waals surface area contributed by atoms with Crippen molar-refractivity contribution in [3.8, 4) is 0 Å². The lowest BCUT2D eigenvalue weighted by Gasteiger charge is -2.02. The molecule has 0 amide bonds. The van der Waals surface area contributed by atoms with E-state index in [-0.39, 0.29) is 5.97 Å². The minimum Gasteiger partial charge on any atom is -0.463 e. The second kappa shape index (κ2) is 12.4. The lowest BCUT2D eigenvalue weighted by atomic mass is 10.1. The van der Waals surface area contributed by atoms with Crippen LogP contribution in [0, 0.1) is 0 Å². The van der Waals surface area contributed by atoms with Crippen LogP contribution in [0.5, 0.6) is 0 Å². The standard InChI is InChI=1S/C13H22O2S/c1-2-13(14)15-11-9-7-5-3-4-6-8-10-12-16/h2,12H,1,3-11H2. The van der Waals surface area contributed by atoms with Gasteiger partial charge in [-0.3, -0.25) is 0 Å². The number of hydrogen-bond acceptors (Lipinski definition) is 3. The maximum atomic E-state index is 10.7. The van der Waals surface area contributed by atoms with Crippen molar-refractivity contribution in [3.05, 3.63) is 12.7 Å². The summed E-state index contributed by atoms with van der Waals surface area (Å²) >= 11 is 4.76. The monoisotopic (exact) mass is 242 g/mol. The number of thiocarbonyl (C=S) groups is 1. The highest BCUT2D eigenvalue weighted by Gasteiger charge is 1.95. The Balaban J connectivity index is 3.01. The molecule has 16 heavy (non-hydrogen) atoms. The highest BCUT2D eigenvalue weighted by Crippen LogP contribution is 2.08. The van der Waals surface area contributed by atoms with Gasteiger partial charge >= 0.3 is 5.97 Å². The van der Waals surface area contributed by atoms with E-state index in [0.717, 1.165) is 19.3 Å². The number of carbonyl (C=O) groups excluding carboxylic acids is 1. The normalized spacial score (nSPS) is 9.75. The van der Waals surface area contributed by atoms with Crippen molar-refractivity contribution >= 4 is 23.6 Å². The summed E-state index contributed by atoms with van der Waals surface area (Å²) in [4.78, 5) is 10.7. The third-order valence-corrected chi connectivity index (χ3v) is 2.61. The summed E-state index contributed by atoms with van der Waals surface area (Å²) in [6, 6.07) is 0. The van der Waals surface area contributed by atoms with E-state index in [0.29, 0.717) is 6.61 Å². The molecule has 0 N–H and O–H groups in total. The van der Waals surface area contributed by atoms with Crippen LogP contribution in [-0.4, -0.2) is 17.9 Å². The molecule has 0 radical (unpaired) electrons. The second-order valence-electron chi connectivity index (χ2n) is 3.80. The fourth-order valence-electron chi connectivity index (χ4n) is 1.45. The zero-order chi connectivity index (χ0) is 12.1. The molecule has 0 aromatic rings. The van der Waals surface area contributed by atoms with Gasteiger partial charge in [-0.25, -0.2) is 4.79 Å². The SMILES string of the molecule is C=CC(=O)OCCCCCCCCCC=S. The van der Waals surface area contributed by atoms with Crippen molar-refractivity contribution in [3.63, 3.8) is 0 Å². The average Bonchev–Trinajstić information content (AvgIpc) is 2.31. The molecule has 0 aliphatic carbocycles. The van der Waals surface area contributed by atoms with Crippen LogP contribution < -0.4 is 0 Å². The van der Waals surface area contributed by atoms with Gasteiger partial charge in [-0.05, 0) is 24.6 Å².